The van der Waals surface area contributed by atoms with Crippen LogP contribution in [0.5, 0.6) is 0 Å². The van der Waals surface area contributed by atoms with E-state index in [-0.39, 0.29) is 42.0 Å². The van der Waals surface area contributed by atoms with Crippen molar-refractivity contribution in [3.05, 3.63) is 29.8 Å². The van der Waals surface area contributed by atoms with Crippen molar-refractivity contribution in [3.63, 3.8) is 0 Å². The van der Waals surface area contributed by atoms with Crippen molar-refractivity contribution in [2.45, 2.75) is 59.2 Å². The number of amides is 2. The second-order valence-electron chi connectivity index (χ2n) is 9.00. The maximum Gasteiger partial charge on any atom is 0.410 e. The number of nitrogens with zero attached hydrogens (tertiary/aromatic N) is 2. The van der Waals surface area contributed by atoms with Crippen LogP contribution in [0.25, 0.3) is 0 Å². The van der Waals surface area contributed by atoms with E-state index in [2.05, 4.69) is 20.9 Å². The third-order valence-corrected chi connectivity index (χ3v) is 4.36. The van der Waals surface area contributed by atoms with Crippen LogP contribution in [0.4, 0.5) is 10.5 Å². The average Bonchev–Trinajstić information content (AvgIpc) is 2.58. The Bertz CT molecular complexity index is 771. The molecule has 0 aliphatic carbocycles. The van der Waals surface area contributed by atoms with E-state index in [4.69, 9.17) is 4.74 Å². The second kappa shape index (κ2) is 12.1. The molecule has 0 spiro atoms. The molecule has 1 aromatic rings. The minimum absolute atomic E-state index is 0. The SMILES string of the molecule is CN=C(NCc1cccc(NC(=O)CC(C)C)c1)NC1CN(C(=O)OC(C)(C)C)C1.I. The Hall–Kier alpha value is -2.04. The Morgan fingerprint density at radius 3 is 2.52 bits per heavy atom. The van der Waals surface area contributed by atoms with Gasteiger partial charge in [0.1, 0.15) is 5.60 Å². The molecule has 3 N–H and O–H groups in total. The predicted molar refractivity (Wildman–Crippen MR) is 135 cm³/mol. The summed E-state index contributed by atoms with van der Waals surface area (Å²) in [6.07, 6.45) is 0.209. The molecule has 9 heteroatoms. The van der Waals surface area contributed by atoms with E-state index in [1.165, 1.54) is 0 Å². The van der Waals surface area contributed by atoms with Gasteiger partial charge >= 0.3 is 6.09 Å². The number of guanidine groups is 1. The molecule has 0 aromatic heterocycles. The number of hydrogen-bond acceptors (Lipinski definition) is 4. The summed E-state index contributed by atoms with van der Waals surface area (Å²) in [4.78, 5) is 29.9. The first kappa shape index (κ1) is 27.0. The number of likely N-dealkylation sites (tertiary alicyclic amines) is 1. The summed E-state index contributed by atoms with van der Waals surface area (Å²) in [7, 11) is 1.71. The van der Waals surface area contributed by atoms with E-state index in [1.807, 2.05) is 58.9 Å². The molecule has 0 saturated carbocycles. The Balaban J connectivity index is 0.00000480. The van der Waals surface area contributed by atoms with Crippen LogP contribution in [-0.2, 0) is 16.1 Å². The first-order chi connectivity index (χ1) is 14.1. The maximum absolute atomic E-state index is 12.0. The van der Waals surface area contributed by atoms with Crippen molar-refractivity contribution in [2.24, 2.45) is 10.9 Å². The Morgan fingerprint density at radius 1 is 1.26 bits per heavy atom. The van der Waals surface area contributed by atoms with Crippen LogP contribution in [0, 0.1) is 5.92 Å². The molecule has 1 heterocycles. The van der Waals surface area contributed by atoms with Gasteiger partial charge in [-0.2, -0.15) is 0 Å². The molecule has 2 amide bonds. The summed E-state index contributed by atoms with van der Waals surface area (Å²) < 4.78 is 5.37. The van der Waals surface area contributed by atoms with Crippen molar-refractivity contribution >= 4 is 47.6 Å². The van der Waals surface area contributed by atoms with Crippen LogP contribution in [0.3, 0.4) is 0 Å². The Kier molecular flexibility index (Phi) is 10.5. The molecule has 174 valence electrons. The number of halogens is 1. The summed E-state index contributed by atoms with van der Waals surface area (Å²) in [5.74, 6) is 1.01. The van der Waals surface area contributed by atoms with Crippen LogP contribution < -0.4 is 16.0 Å². The summed E-state index contributed by atoms with van der Waals surface area (Å²) in [5, 5.41) is 9.52. The molecular weight excluding hydrogens is 509 g/mol. The summed E-state index contributed by atoms with van der Waals surface area (Å²) in [5.41, 5.74) is 1.33. The number of carbonyl (C=O) groups excluding carboxylic acids is 2. The molecule has 31 heavy (non-hydrogen) atoms. The van der Waals surface area contributed by atoms with Crippen LogP contribution in [0.2, 0.25) is 0 Å². The first-order valence-electron chi connectivity index (χ1n) is 10.4. The van der Waals surface area contributed by atoms with Crippen LogP contribution in [0.15, 0.2) is 29.3 Å². The third-order valence-electron chi connectivity index (χ3n) is 4.36. The van der Waals surface area contributed by atoms with Gasteiger partial charge in [0.05, 0.1) is 6.04 Å². The van der Waals surface area contributed by atoms with Crippen molar-refractivity contribution in [1.29, 1.82) is 0 Å². The molecule has 1 fully saturated rings. The molecule has 1 aliphatic heterocycles. The van der Waals surface area contributed by atoms with Crippen molar-refractivity contribution in [2.75, 3.05) is 25.5 Å². The largest absolute Gasteiger partial charge is 0.444 e. The number of aliphatic imine (C=N–C) groups is 1. The second-order valence-corrected chi connectivity index (χ2v) is 9.00. The zero-order chi connectivity index (χ0) is 22.3. The number of ether oxygens (including phenoxy) is 1. The van der Waals surface area contributed by atoms with Crippen LogP contribution in [-0.4, -0.2) is 54.6 Å². The van der Waals surface area contributed by atoms with Gasteiger partial charge in [0, 0.05) is 38.8 Å². The maximum atomic E-state index is 12.0. The van der Waals surface area contributed by atoms with E-state index in [1.54, 1.807) is 11.9 Å². The van der Waals surface area contributed by atoms with Gasteiger partial charge in [-0.3, -0.25) is 9.79 Å². The number of hydrogen-bond donors (Lipinski definition) is 3. The van der Waals surface area contributed by atoms with E-state index in [0.29, 0.717) is 37.9 Å². The number of nitrogens with one attached hydrogen (secondary N) is 3. The predicted octanol–water partition coefficient (Wildman–Crippen LogP) is 3.57. The summed E-state index contributed by atoms with van der Waals surface area (Å²) in [6, 6.07) is 7.88. The fraction of sp³-hybridized carbons (Fsp3) is 0.591. The minimum atomic E-state index is -0.490. The standard InChI is InChI=1S/C22H35N5O3.HI/c1-15(2)10-19(28)25-17-9-7-8-16(11-17)12-24-20(23-6)26-18-13-27(14-18)21(29)30-22(3,4)5;/h7-9,11,15,18H,10,12-14H2,1-6H3,(H,25,28)(H2,23,24,26);1H. The van der Waals surface area contributed by atoms with Gasteiger partial charge in [-0.05, 0) is 44.4 Å². The Labute approximate surface area is 202 Å². The van der Waals surface area contributed by atoms with Gasteiger partial charge in [0.25, 0.3) is 0 Å². The van der Waals surface area contributed by atoms with Crippen molar-refractivity contribution < 1.29 is 14.3 Å². The fourth-order valence-corrected chi connectivity index (χ4v) is 2.96. The molecule has 8 nitrogen and oxygen atoms in total. The van der Waals surface area contributed by atoms with E-state index < -0.39 is 5.60 Å². The fourth-order valence-electron chi connectivity index (χ4n) is 2.96. The first-order valence-corrected chi connectivity index (χ1v) is 10.4. The van der Waals surface area contributed by atoms with Gasteiger partial charge in [-0.1, -0.05) is 26.0 Å². The van der Waals surface area contributed by atoms with Gasteiger partial charge in [0.15, 0.2) is 5.96 Å². The summed E-state index contributed by atoms with van der Waals surface area (Å²) in [6.45, 7) is 11.3. The highest BCUT2D eigenvalue weighted by Crippen LogP contribution is 2.15. The Morgan fingerprint density at radius 2 is 1.94 bits per heavy atom. The number of carbonyl (C=O) groups is 2. The third kappa shape index (κ3) is 9.75. The highest BCUT2D eigenvalue weighted by molar-refractivity contribution is 14.0. The highest BCUT2D eigenvalue weighted by Gasteiger charge is 2.34. The average molecular weight is 545 g/mol. The van der Waals surface area contributed by atoms with Crippen molar-refractivity contribution in [1.82, 2.24) is 15.5 Å². The van der Waals surface area contributed by atoms with E-state index in [0.717, 1.165) is 11.3 Å². The quantitative estimate of drug-likeness (QED) is 0.289. The van der Waals surface area contributed by atoms with Crippen LogP contribution in [0.1, 0.15) is 46.6 Å². The molecule has 1 aliphatic rings. The highest BCUT2D eigenvalue weighted by atomic mass is 127. The van der Waals surface area contributed by atoms with Crippen LogP contribution >= 0.6 is 24.0 Å². The van der Waals surface area contributed by atoms with E-state index >= 15 is 0 Å². The zero-order valence-electron chi connectivity index (χ0n) is 19.3. The number of anilines is 1. The summed E-state index contributed by atoms with van der Waals surface area (Å²) >= 11 is 0. The number of rotatable bonds is 6. The molecule has 0 bridgehead atoms. The molecular formula is C22H36IN5O3. The lowest BCUT2D eigenvalue weighted by Gasteiger charge is -2.40. The van der Waals surface area contributed by atoms with Gasteiger partial charge in [0.2, 0.25) is 5.91 Å². The normalized spacial score (nSPS) is 14.4. The molecule has 2 rings (SSSR count). The molecule has 1 aromatic carbocycles. The number of benzene rings is 1. The molecule has 0 unspecified atom stereocenters. The molecule has 0 atom stereocenters. The van der Waals surface area contributed by atoms with Crippen molar-refractivity contribution in [3.8, 4) is 0 Å². The molecule has 1 saturated heterocycles. The lowest BCUT2D eigenvalue weighted by Crippen LogP contribution is -2.63. The van der Waals surface area contributed by atoms with Gasteiger partial charge in [-0.15, -0.1) is 24.0 Å². The van der Waals surface area contributed by atoms with E-state index in [9.17, 15) is 9.59 Å². The smallest absolute Gasteiger partial charge is 0.410 e. The lowest BCUT2D eigenvalue weighted by atomic mass is 10.1. The van der Waals surface area contributed by atoms with Gasteiger partial charge in [-0.25, -0.2) is 4.79 Å². The topological polar surface area (TPSA) is 95.1 Å². The van der Waals surface area contributed by atoms with Gasteiger partial charge < -0.3 is 25.6 Å². The minimum Gasteiger partial charge on any atom is -0.444 e. The zero-order valence-corrected chi connectivity index (χ0v) is 21.7. The monoisotopic (exact) mass is 545 g/mol. The lowest BCUT2D eigenvalue weighted by molar-refractivity contribution is -0.116. The molecule has 0 radical (unpaired) electrons.